The van der Waals surface area contributed by atoms with E-state index in [2.05, 4.69) is 56.7 Å². The van der Waals surface area contributed by atoms with Gasteiger partial charge in [0.05, 0.1) is 0 Å². The van der Waals surface area contributed by atoms with E-state index in [9.17, 15) is 0 Å². The largest absolute Gasteiger partial charge is 0.342 e. The predicted octanol–water partition coefficient (Wildman–Crippen LogP) is 5.80. The molecule has 0 spiro atoms. The first-order valence-electron chi connectivity index (χ1n) is 7.64. The molecule has 22 heavy (non-hydrogen) atoms. The van der Waals surface area contributed by atoms with Crippen LogP contribution in [0.5, 0.6) is 0 Å². The van der Waals surface area contributed by atoms with Crippen molar-refractivity contribution in [2.45, 2.75) is 27.2 Å². The van der Waals surface area contributed by atoms with Gasteiger partial charge in [0.2, 0.25) is 0 Å². The van der Waals surface area contributed by atoms with E-state index >= 15 is 0 Å². The van der Waals surface area contributed by atoms with Crippen molar-refractivity contribution in [2.24, 2.45) is 0 Å². The molecule has 0 amide bonds. The van der Waals surface area contributed by atoms with Crippen LogP contribution in [0.2, 0.25) is 0 Å². The van der Waals surface area contributed by atoms with E-state index in [-0.39, 0.29) is 0 Å². The lowest BCUT2D eigenvalue weighted by molar-refractivity contribution is 0.513. The zero-order valence-corrected chi connectivity index (χ0v) is 14.1. The second-order valence-electron chi connectivity index (χ2n) is 5.35. The van der Waals surface area contributed by atoms with Crippen LogP contribution in [0.1, 0.15) is 30.0 Å². The molecule has 1 aromatic carbocycles. The highest BCUT2D eigenvalue weighted by molar-refractivity contribution is 5.65. The van der Waals surface area contributed by atoms with E-state index in [1.807, 2.05) is 37.3 Å². The third-order valence-corrected chi connectivity index (χ3v) is 3.66. The lowest BCUT2D eigenvalue weighted by atomic mass is 10.0. The second-order valence-corrected chi connectivity index (χ2v) is 5.35. The van der Waals surface area contributed by atoms with E-state index in [1.54, 1.807) is 0 Å². The van der Waals surface area contributed by atoms with Gasteiger partial charge in [0.25, 0.3) is 0 Å². The maximum absolute atomic E-state index is 4.28. The first-order valence-corrected chi connectivity index (χ1v) is 7.64. The van der Waals surface area contributed by atoms with Gasteiger partial charge in [-0.2, -0.15) is 0 Å². The Morgan fingerprint density at radius 2 is 1.86 bits per heavy atom. The van der Waals surface area contributed by atoms with Crippen LogP contribution in [0, 0.1) is 13.8 Å². The Bertz CT molecular complexity index is 602. The summed E-state index contributed by atoms with van der Waals surface area (Å²) in [5, 5.41) is 0. The monoisotopic (exact) mass is 293 g/mol. The molecule has 1 aromatic rings. The van der Waals surface area contributed by atoms with Crippen LogP contribution < -0.4 is 0 Å². The summed E-state index contributed by atoms with van der Waals surface area (Å²) in [5.41, 5.74) is 5.61. The molecule has 0 heterocycles. The standard InChI is InChI=1S/C21H27N/c1-7-9-11-12-19(5)22(15-10-8-2)20(6)21-14-13-17(3)18(4)16-21/h7-9,11-14,16H,2,5-6,10,15H2,1,3-4H3/b9-7-,12-11-. The number of aryl methyl sites for hydroxylation is 2. The van der Waals surface area contributed by atoms with Crippen LogP contribution in [0.15, 0.2) is 74.0 Å². The molecule has 0 atom stereocenters. The maximum Gasteiger partial charge on any atom is 0.0411 e. The van der Waals surface area contributed by atoms with Gasteiger partial charge in [0.15, 0.2) is 0 Å². The molecule has 0 saturated carbocycles. The molecule has 0 aliphatic heterocycles. The van der Waals surface area contributed by atoms with Gasteiger partial charge < -0.3 is 4.90 Å². The Kier molecular flexibility index (Phi) is 7.18. The molecular formula is C21H27N. The third kappa shape index (κ3) is 4.92. The molecule has 0 aliphatic carbocycles. The topological polar surface area (TPSA) is 3.24 Å². The summed E-state index contributed by atoms with van der Waals surface area (Å²) in [5.74, 6) is 0. The molecule has 0 unspecified atom stereocenters. The predicted molar refractivity (Wildman–Crippen MR) is 99.6 cm³/mol. The van der Waals surface area contributed by atoms with Gasteiger partial charge in [-0.3, -0.25) is 0 Å². The van der Waals surface area contributed by atoms with E-state index in [0.717, 1.165) is 29.9 Å². The molecule has 1 heteroatoms. The first-order chi connectivity index (χ1) is 10.5. The number of hydrogen-bond acceptors (Lipinski definition) is 1. The highest BCUT2D eigenvalue weighted by Crippen LogP contribution is 2.24. The molecule has 0 aromatic heterocycles. The molecule has 0 fully saturated rings. The van der Waals surface area contributed by atoms with E-state index in [0.29, 0.717) is 0 Å². The van der Waals surface area contributed by atoms with Crippen LogP contribution >= 0.6 is 0 Å². The fourth-order valence-electron chi connectivity index (χ4n) is 2.12. The Hall–Kier alpha value is -2.28. The van der Waals surface area contributed by atoms with Gasteiger partial charge in [-0.25, -0.2) is 0 Å². The molecule has 1 nitrogen and oxygen atoms in total. The average molecular weight is 293 g/mol. The fourth-order valence-corrected chi connectivity index (χ4v) is 2.12. The van der Waals surface area contributed by atoms with Crippen LogP contribution in [-0.4, -0.2) is 11.4 Å². The normalized spacial score (nSPS) is 11.0. The average Bonchev–Trinajstić information content (AvgIpc) is 2.50. The van der Waals surface area contributed by atoms with Crippen LogP contribution in [0.4, 0.5) is 0 Å². The summed E-state index contributed by atoms with van der Waals surface area (Å²) < 4.78 is 0. The highest BCUT2D eigenvalue weighted by atomic mass is 15.1. The minimum Gasteiger partial charge on any atom is -0.342 e. The van der Waals surface area contributed by atoms with Crippen molar-refractivity contribution in [1.29, 1.82) is 0 Å². The third-order valence-electron chi connectivity index (χ3n) is 3.66. The lowest BCUT2D eigenvalue weighted by Crippen LogP contribution is -2.20. The molecule has 1 rings (SSSR count). The quantitative estimate of drug-likeness (QED) is 0.432. The van der Waals surface area contributed by atoms with Gasteiger partial charge in [-0.15, -0.1) is 6.58 Å². The van der Waals surface area contributed by atoms with Gasteiger partial charge in [-0.1, -0.05) is 49.6 Å². The van der Waals surface area contributed by atoms with E-state index in [1.165, 1.54) is 11.1 Å². The molecule has 0 radical (unpaired) electrons. The van der Waals surface area contributed by atoms with Crippen molar-refractivity contribution in [3.8, 4) is 0 Å². The molecule has 0 bridgehead atoms. The Labute approximate surface area is 135 Å². The summed E-state index contributed by atoms with van der Waals surface area (Å²) in [6.07, 6.45) is 10.8. The maximum atomic E-state index is 4.28. The summed E-state index contributed by atoms with van der Waals surface area (Å²) in [4.78, 5) is 2.14. The summed E-state index contributed by atoms with van der Waals surface area (Å²) >= 11 is 0. The molecular weight excluding hydrogens is 266 g/mol. The Morgan fingerprint density at radius 3 is 2.45 bits per heavy atom. The first kappa shape index (κ1) is 17.8. The fraction of sp³-hybridized carbons (Fsp3) is 0.238. The molecule has 116 valence electrons. The minimum atomic E-state index is 0.828. The smallest absolute Gasteiger partial charge is 0.0411 e. The second kappa shape index (κ2) is 8.89. The molecule has 0 saturated heterocycles. The van der Waals surface area contributed by atoms with Gasteiger partial charge in [0.1, 0.15) is 0 Å². The van der Waals surface area contributed by atoms with Crippen molar-refractivity contribution in [2.75, 3.05) is 6.54 Å². The number of allylic oxidation sites excluding steroid dienone is 4. The van der Waals surface area contributed by atoms with Crippen molar-refractivity contribution in [3.63, 3.8) is 0 Å². The Balaban J connectivity index is 3.03. The summed E-state index contributed by atoms with van der Waals surface area (Å²) in [6, 6.07) is 6.44. The van der Waals surface area contributed by atoms with Crippen LogP contribution in [-0.2, 0) is 0 Å². The van der Waals surface area contributed by atoms with Crippen molar-refractivity contribution in [3.05, 3.63) is 90.7 Å². The number of benzene rings is 1. The van der Waals surface area contributed by atoms with Gasteiger partial charge in [0, 0.05) is 17.9 Å². The van der Waals surface area contributed by atoms with Crippen molar-refractivity contribution in [1.82, 2.24) is 4.90 Å². The van der Waals surface area contributed by atoms with Crippen molar-refractivity contribution >= 4 is 5.70 Å². The zero-order valence-electron chi connectivity index (χ0n) is 14.1. The number of rotatable bonds is 8. The molecule has 0 aliphatic rings. The lowest BCUT2D eigenvalue weighted by Gasteiger charge is -2.27. The molecule has 0 N–H and O–H groups in total. The van der Waals surface area contributed by atoms with Crippen LogP contribution in [0.3, 0.4) is 0 Å². The van der Waals surface area contributed by atoms with Gasteiger partial charge in [-0.05, 0) is 56.0 Å². The zero-order chi connectivity index (χ0) is 16.5. The number of nitrogens with zero attached hydrogens (tertiary/aromatic N) is 1. The minimum absolute atomic E-state index is 0.828. The van der Waals surface area contributed by atoms with Gasteiger partial charge >= 0.3 is 0 Å². The van der Waals surface area contributed by atoms with Crippen molar-refractivity contribution < 1.29 is 0 Å². The SMILES string of the molecule is C=CCCN(C(=C)/C=C\C=C/C)C(=C)c1ccc(C)c(C)c1. The Morgan fingerprint density at radius 1 is 1.14 bits per heavy atom. The number of hydrogen-bond donors (Lipinski definition) is 0. The summed E-state index contributed by atoms with van der Waals surface area (Å²) in [6.45, 7) is 19.3. The van der Waals surface area contributed by atoms with Crippen LogP contribution in [0.25, 0.3) is 5.70 Å². The summed E-state index contributed by atoms with van der Waals surface area (Å²) in [7, 11) is 0. The van der Waals surface area contributed by atoms with E-state index in [4.69, 9.17) is 0 Å². The van der Waals surface area contributed by atoms with E-state index < -0.39 is 0 Å². The highest BCUT2D eigenvalue weighted by Gasteiger charge is 2.11.